The molecule has 6 heteroatoms. The maximum atomic E-state index is 11.8. The van der Waals surface area contributed by atoms with Crippen LogP contribution >= 0.6 is 27.3 Å². The third-order valence-corrected chi connectivity index (χ3v) is 4.93. The standard InChI is InChI=1S/C14H20BrNO3S/c1-3-9(2)13(14(18)19)16-12(17)6-4-5-10-7-8-11(15)20-10/h7-9,13H,3-6H2,1-2H3,(H,16,17)(H,18,19)/t9?,13-/m0/s1. The van der Waals surface area contributed by atoms with E-state index in [2.05, 4.69) is 21.2 Å². The highest BCUT2D eigenvalue weighted by atomic mass is 79.9. The van der Waals surface area contributed by atoms with Crippen molar-refractivity contribution < 1.29 is 14.7 Å². The van der Waals surface area contributed by atoms with E-state index in [4.69, 9.17) is 5.11 Å². The first-order valence-corrected chi connectivity index (χ1v) is 8.31. The molecule has 112 valence electrons. The number of hydrogen-bond donors (Lipinski definition) is 2. The van der Waals surface area contributed by atoms with Gasteiger partial charge in [0.25, 0.3) is 0 Å². The van der Waals surface area contributed by atoms with E-state index in [-0.39, 0.29) is 11.8 Å². The molecule has 1 rings (SSSR count). The van der Waals surface area contributed by atoms with Gasteiger partial charge >= 0.3 is 5.97 Å². The minimum atomic E-state index is -0.963. The summed E-state index contributed by atoms with van der Waals surface area (Å²) in [6.07, 6.45) is 2.65. The molecule has 1 unspecified atom stereocenters. The average molecular weight is 362 g/mol. The van der Waals surface area contributed by atoms with E-state index < -0.39 is 12.0 Å². The van der Waals surface area contributed by atoms with E-state index in [0.29, 0.717) is 6.42 Å². The highest BCUT2D eigenvalue weighted by molar-refractivity contribution is 9.11. The summed E-state index contributed by atoms with van der Waals surface area (Å²) in [5.41, 5.74) is 0. The molecule has 0 bridgehead atoms. The van der Waals surface area contributed by atoms with Gasteiger partial charge in [-0.1, -0.05) is 20.3 Å². The third-order valence-electron chi connectivity index (χ3n) is 3.25. The van der Waals surface area contributed by atoms with Crippen molar-refractivity contribution in [3.8, 4) is 0 Å². The van der Waals surface area contributed by atoms with Crippen LogP contribution in [0.15, 0.2) is 15.9 Å². The van der Waals surface area contributed by atoms with Crippen molar-refractivity contribution in [1.82, 2.24) is 5.32 Å². The number of carboxylic acid groups (broad SMARTS) is 1. The summed E-state index contributed by atoms with van der Waals surface area (Å²) in [6, 6.07) is 3.23. The molecule has 0 aliphatic heterocycles. The van der Waals surface area contributed by atoms with Gasteiger partial charge in [-0.3, -0.25) is 4.79 Å². The van der Waals surface area contributed by atoms with E-state index >= 15 is 0 Å². The first-order chi connectivity index (χ1) is 9.43. The predicted molar refractivity (Wildman–Crippen MR) is 84.0 cm³/mol. The Balaban J connectivity index is 2.36. The van der Waals surface area contributed by atoms with Crippen LogP contribution in [0.3, 0.4) is 0 Å². The van der Waals surface area contributed by atoms with Crippen LogP contribution in [-0.2, 0) is 16.0 Å². The predicted octanol–water partition coefficient (Wildman–Crippen LogP) is 3.45. The molecular weight excluding hydrogens is 342 g/mol. The fourth-order valence-corrected chi connectivity index (χ4v) is 3.36. The fourth-order valence-electron chi connectivity index (χ4n) is 1.84. The Hall–Kier alpha value is -0.880. The monoisotopic (exact) mass is 361 g/mol. The third kappa shape index (κ3) is 5.63. The summed E-state index contributed by atoms with van der Waals surface area (Å²) in [5, 5.41) is 11.7. The highest BCUT2D eigenvalue weighted by Crippen LogP contribution is 2.23. The second-order valence-corrected chi connectivity index (χ2v) is 7.38. The lowest BCUT2D eigenvalue weighted by molar-refractivity contribution is -0.143. The highest BCUT2D eigenvalue weighted by Gasteiger charge is 2.24. The van der Waals surface area contributed by atoms with Gasteiger partial charge in [-0.05, 0) is 46.8 Å². The minimum absolute atomic E-state index is 0.0651. The summed E-state index contributed by atoms with van der Waals surface area (Å²) in [5.74, 6) is -1.21. The minimum Gasteiger partial charge on any atom is -0.480 e. The normalized spacial score (nSPS) is 13.8. The molecule has 0 saturated heterocycles. The molecule has 2 atom stereocenters. The van der Waals surface area contributed by atoms with Gasteiger partial charge in [0.05, 0.1) is 3.79 Å². The van der Waals surface area contributed by atoms with Crippen LogP contribution < -0.4 is 5.32 Å². The molecule has 2 N–H and O–H groups in total. The maximum Gasteiger partial charge on any atom is 0.326 e. The van der Waals surface area contributed by atoms with Gasteiger partial charge in [0.1, 0.15) is 6.04 Å². The molecule has 0 aliphatic rings. The second-order valence-electron chi connectivity index (χ2n) is 4.83. The molecule has 20 heavy (non-hydrogen) atoms. The zero-order chi connectivity index (χ0) is 15.1. The summed E-state index contributed by atoms with van der Waals surface area (Å²) in [7, 11) is 0. The van der Waals surface area contributed by atoms with Crippen LogP contribution in [-0.4, -0.2) is 23.0 Å². The zero-order valence-corrected chi connectivity index (χ0v) is 14.1. The van der Waals surface area contributed by atoms with Crippen LogP contribution in [0.4, 0.5) is 0 Å². The number of hydrogen-bond acceptors (Lipinski definition) is 3. The first-order valence-electron chi connectivity index (χ1n) is 6.70. The molecule has 1 aromatic heterocycles. The number of thiophene rings is 1. The van der Waals surface area contributed by atoms with Crippen LogP contribution in [0.1, 0.15) is 38.0 Å². The number of carbonyl (C=O) groups excluding carboxylic acids is 1. The quantitative estimate of drug-likeness (QED) is 0.744. The number of aliphatic carboxylic acids is 1. The van der Waals surface area contributed by atoms with E-state index in [1.54, 1.807) is 11.3 Å². The molecule has 0 aromatic carbocycles. The SMILES string of the molecule is CCC(C)[C@H](NC(=O)CCCc1ccc(Br)s1)C(=O)O. The molecule has 0 fully saturated rings. The van der Waals surface area contributed by atoms with Gasteiger partial charge in [-0.15, -0.1) is 11.3 Å². The van der Waals surface area contributed by atoms with Crippen molar-refractivity contribution in [2.45, 2.75) is 45.6 Å². The maximum absolute atomic E-state index is 11.8. The Morgan fingerprint density at radius 2 is 2.15 bits per heavy atom. The molecule has 1 amide bonds. The van der Waals surface area contributed by atoms with Crippen molar-refractivity contribution in [3.05, 3.63) is 20.8 Å². The lowest BCUT2D eigenvalue weighted by atomic mass is 9.99. The number of carbonyl (C=O) groups is 2. The molecule has 0 radical (unpaired) electrons. The fraction of sp³-hybridized carbons (Fsp3) is 0.571. The van der Waals surface area contributed by atoms with Crippen molar-refractivity contribution in [3.63, 3.8) is 0 Å². The number of aryl methyl sites for hydroxylation is 1. The Kier molecular flexibility index (Phi) is 7.23. The number of carboxylic acids is 1. The lowest BCUT2D eigenvalue weighted by Crippen LogP contribution is -2.44. The number of rotatable bonds is 8. The van der Waals surface area contributed by atoms with Gasteiger partial charge in [0.15, 0.2) is 0 Å². The lowest BCUT2D eigenvalue weighted by Gasteiger charge is -2.20. The van der Waals surface area contributed by atoms with Gasteiger partial charge in [-0.25, -0.2) is 4.79 Å². The Morgan fingerprint density at radius 3 is 2.65 bits per heavy atom. The Bertz CT molecular complexity index is 461. The summed E-state index contributed by atoms with van der Waals surface area (Å²) >= 11 is 5.06. The van der Waals surface area contributed by atoms with Crippen LogP contribution in [0, 0.1) is 5.92 Å². The van der Waals surface area contributed by atoms with Crippen LogP contribution in [0.25, 0.3) is 0 Å². The zero-order valence-electron chi connectivity index (χ0n) is 11.7. The molecule has 1 aromatic rings. The molecule has 1 heterocycles. The van der Waals surface area contributed by atoms with Crippen LogP contribution in [0.5, 0.6) is 0 Å². The van der Waals surface area contributed by atoms with Crippen molar-refractivity contribution >= 4 is 39.1 Å². The Labute approximate surface area is 131 Å². The largest absolute Gasteiger partial charge is 0.480 e. The van der Waals surface area contributed by atoms with E-state index in [9.17, 15) is 9.59 Å². The smallest absolute Gasteiger partial charge is 0.326 e. The molecule has 0 spiro atoms. The number of halogens is 1. The van der Waals surface area contributed by atoms with Crippen molar-refractivity contribution in [1.29, 1.82) is 0 Å². The molecule has 4 nitrogen and oxygen atoms in total. The van der Waals surface area contributed by atoms with Crippen molar-refractivity contribution in [2.24, 2.45) is 5.92 Å². The summed E-state index contributed by atoms with van der Waals surface area (Å²) < 4.78 is 1.08. The van der Waals surface area contributed by atoms with Crippen LogP contribution in [0.2, 0.25) is 0 Å². The number of amides is 1. The van der Waals surface area contributed by atoms with E-state index in [1.165, 1.54) is 4.88 Å². The van der Waals surface area contributed by atoms with E-state index in [1.807, 2.05) is 26.0 Å². The topological polar surface area (TPSA) is 66.4 Å². The average Bonchev–Trinajstić information content (AvgIpc) is 2.80. The molecule has 0 aliphatic carbocycles. The van der Waals surface area contributed by atoms with E-state index in [0.717, 1.165) is 23.0 Å². The van der Waals surface area contributed by atoms with Gasteiger partial charge in [-0.2, -0.15) is 0 Å². The van der Waals surface area contributed by atoms with Gasteiger partial charge in [0, 0.05) is 11.3 Å². The molecular formula is C14H20BrNO3S. The first kappa shape index (κ1) is 17.2. The van der Waals surface area contributed by atoms with Gasteiger partial charge in [0.2, 0.25) is 5.91 Å². The number of nitrogens with one attached hydrogen (secondary N) is 1. The second kappa shape index (κ2) is 8.42. The summed E-state index contributed by atoms with van der Waals surface area (Å²) in [4.78, 5) is 24.1. The molecule has 0 saturated carbocycles. The van der Waals surface area contributed by atoms with Gasteiger partial charge < -0.3 is 10.4 Å². The Morgan fingerprint density at radius 1 is 1.45 bits per heavy atom. The summed E-state index contributed by atoms with van der Waals surface area (Å²) in [6.45, 7) is 3.75. The van der Waals surface area contributed by atoms with Crippen molar-refractivity contribution in [2.75, 3.05) is 0 Å².